The van der Waals surface area contributed by atoms with Gasteiger partial charge in [-0.3, -0.25) is 4.98 Å². The van der Waals surface area contributed by atoms with E-state index in [1.165, 1.54) is 0 Å². The molecule has 0 unspecified atom stereocenters. The average molecular weight is 557 g/mol. The Kier molecular flexibility index (Phi) is 7.58. The molecule has 0 atom stereocenters. The Labute approximate surface area is 236 Å². The van der Waals surface area contributed by atoms with Crippen molar-refractivity contribution >= 4 is 40.3 Å². The second-order valence-corrected chi connectivity index (χ2v) is 9.97. The van der Waals surface area contributed by atoms with Crippen molar-refractivity contribution in [2.75, 3.05) is 62.0 Å². The molecular formula is C28H32N10O3. The van der Waals surface area contributed by atoms with Gasteiger partial charge in [-0.15, -0.1) is 0 Å². The zero-order chi connectivity index (χ0) is 28.2. The molecule has 2 saturated heterocycles. The fourth-order valence-electron chi connectivity index (χ4n) is 5.17. The van der Waals surface area contributed by atoms with Gasteiger partial charge >= 0.3 is 12.1 Å². The largest absolute Gasteiger partial charge is 0.378 e. The number of rotatable bonds is 5. The number of anilines is 3. The van der Waals surface area contributed by atoms with Gasteiger partial charge in [-0.1, -0.05) is 0 Å². The van der Waals surface area contributed by atoms with Crippen LogP contribution in [0.1, 0.15) is 18.9 Å². The molecule has 13 nitrogen and oxygen atoms in total. The molecule has 0 saturated carbocycles. The lowest BCUT2D eigenvalue weighted by Crippen LogP contribution is -2.41. The molecule has 5 heterocycles. The number of fused-ring (bicyclic) bond motifs is 1. The molecule has 1 aromatic carbocycles. The summed E-state index contributed by atoms with van der Waals surface area (Å²) in [6.07, 6.45) is 6.67. The van der Waals surface area contributed by atoms with Crippen molar-refractivity contribution in [1.29, 1.82) is 0 Å². The number of carbonyl (C=O) groups excluding carboxylic acids is 2. The Morgan fingerprint density at radius 2 is 1.71 bits per heavy atom. The van der Waals surface area contributed by atoms with E-state index in [4.69, 9.17) is 19.8 Å². The number of piperidine rings is 1. The second kappa shape index (κ2) is 11.8. The summed E-state index contributed by atoms with van der Waals surface area (Å²) in [7, 11) is 1.57. The van der Waals surface area contributed by atoms with Crippen LogP contribution in [0.2, 0.25) is 0 Å². The van der Waals surface area contributed by atoms with Crippen molar-refractivity contribution < 1.29 is 14.3 Å². The maximum Gasteiger partial charge on any atom is 0.321 e. The van der Waals surface area contributed by atoms with E-state index in [2.05, 4.69) is 25.8 Å². The zero-order valence-electron chi connectivity index (χ0n) is 22.8. The number of hydrogen-bond donors (Lipinski definition) is 3. The van der Waals surface area contributed by atoms with E-state index in [0.29, 0.717) is 43.5 Å². The molecule has 4 aromatic rings. The number of benzene rings is 1. The van der Waals surface area contributed by atoms with Gasteiger partial charge in [0.25, 0.3) is 0 Å². The lowest BCUT2D eigenvalue weighted by molar-refractivity contribution is 0.122. The fraction of sp³-hybridized carbons (Fsp3) is 0.357. The summed E-state index contributed by atoms with van der Waals surface area (Å²) in [5, 5.41) is 13.9. The SMILES string of the molecule is CNC(=O)Nc1ccc(-c2nc(N3CCOCC3)c3cnn(C4CCN(C(=O)Nc5cccnc5)CC4)c3n2)cc1. The highest BCUT2D eigenvalue weighted by molar-refractivity contribution is 5.91. The van der Waals surface area contributed by atoms with Gasteiger partial charge in [0, 0.05) is 50.7 Å². The van der Waals surface area contributed by atoms with Crippen LogP contribution in [0.15, 0.2) is 55.0 Å². The molecule has 2 aliphatic rings. The molecule has 0 aliphatic carbocycles. The first-order valence-electron chi connectivity index (χ1n) is 13.7. The first-order chi connectivity index (χ1) is 20.1. The minimum absolute atomic E-state index is 0.0920. The highest BCUT2D eigenvalue weighted by atomic mass is 16.5. The highest BCUT2D eigenvalue weighted by Gasteiger charge is 2.28. The molecule has 0 bridgehead atoms. The molecule has 2 aliphatic heterocycles. The molecule has 0 spiro atoms. The summed E-state index contributed by atoms with van der Waals surface area (Å²) in [5.74, 6) is 1.42. The number of nitrogens with one attached hydrogen (secondary N) is 3. The van der Waals surface area contributed by atoms with E-state index >= 15 is 0 Å². The van der Waals surface area contributed by atoms with Gasteiger partial charge in [0.2, 0.25) is 0 Å². The number of ether oxygens (including phenoxy) is 1. The van der Waals surface area contributed by atoms with Gasteiger partial charge < -0.3 is 30.5 Å². The summed E-state index contributed by atoms with van der Waals surface area (Å²) in [6, 6.07) is 10.8. The number of pyridine rings is 1. The van der Waals surface area contributed by atoms with Gasteiger partial charge in [-0.2, -0.15) is 5.10 Å². The molecule has 212 valence electrons. The van der Waals surface area contributed by atoms with E-state index in [9.17, 15) is 9.59 Å². The van der Waals surface area contributed by atoms with Crippen LogP contribution in [-0.2, 0) is 4.74 Å². The number of nitrogens with zero attached hydrogens (tertiary/aromatic N) is 7. The van der Waals surface area contributed by atoms with Crippen LogP contribution >= 0.6 is 0 Å². The van der Waals surface area contributed by atoms with Gasteiger partial charge in [0.15, 0.2) is 11.5 Å². The van der Waals surface area contributed by atoms with Crippen molar-refractivity contribution in [3.8, 4) is 11.4 Å². The topological polar surface area (TPSA) is 142 Å². The molecule has 0 radical (unpaired) electrons. The third kappa shape index (κ3) is 5.75. The van der Waals surface area contributed by atoms with E-state index in [-0.39, 0.29) is 18.1 Å². The van der Waals surface area contributed by atoms with E-state index in [1.54, 1.807) is 25.5 Å². The maximum atomic E-state index is 12.8. The minimum atomic E-state index is -0.283. The average Bonchev–Trinajstić information content (AvgIpc) is 3.46. The fourth-order valence-corrected chi connectivity index (χ4v) is 5.17. The lowest BCUT2D eigenvalue weighted by atomic mass is 10.1. The zero-order valence-corrected chi connectivity index (χ0v) is 22.8. The highest BCUT2D eigenvalue weighted by Crippen LogP contribution is 2.32. The van der Waals surface area contributed by atoms with Crippen LogP contribution in [0.25, 0.3) is 22.4 Å². The molecule has 6 rings (SSSR count). The quantitative estimate of drug-likeness (QED) is 0.340. The molecule has 3 aromatic heterocycles. The maximum absolute atomic E-state index is 12.8. The summed E-state index contributed by atoms with van der Waals surface area (Å²) in [6.45, 7) is 3.94. The van der Waals surface area contributed by atoms with E-state index in [0.717, 1.165) is 48.3 Å². The minimum Gasteiger partial charge on any atom is -0.378 e. The summed E-state index contributed by atoms with van der Waals surface area (Å²) in [5.41, 5.74) is 2.95. The van der Waals surface area contributed by atoms with Crippen molar-refractivity contribution in [1.82, 2.24) is 34.9 Å². The second-order valence-electron chi connectivity index (χ2n) is 9.97. The van der Waals surface area contributed by atoms with Crippen LogP contribution in [-0.4, -0.2) is 88.1 Å². The van der Waals surface area contributed by atoms with Crippen molar-refractivity contribution in [3.05, 3.63) is 55.0 Å². The first kappa shape index (κ1) is 26.4. The van der Waals surface area contributed by atoms with Crippen LogP contribution in [0.3, 0.4) is 0 Å². The Morgan fingerprint density at radius 1 is 0.927 bits per heavy atom. The Hall–Kier alpha value is -4.78. The van der Waals surface area contributed by atoms with Gasteiger partial charge in [0.1, 0.15) is 5.82 Å². The summed E-state index contributed by atoms with van der Waals surface area (Å²) < 4.78 is 7.57. The molecule has 4 amide bonds. The summed E-state index contributed by atoms with van der Waals surface area (Å²) in [4.78, 5) is 42.6. The standard InChI is InChI=1S/C28H32N10O3/c1-29-27(39)32-20-6-4-19(5-7-20)24-34-25(36-13-15-41-16-14-36)23-18-31-38(26(23)35-24)22-8-11-37(12-9-22)28(40)33-21-3-2-10-30-17-21/h2-7,10,17-18,22H,8-9,11-16H2,1H3,(H,33,40)(H2,29,32,39). The van der Waals surface area contributed by atoms with Crippen molar-refractivity contribution in [3.63, 3.8) is 0 Å². The molecule has 3 N–H and O–H groups in total. The number of carbonyl (C=O) groups is 2. The third-order valence-electron chi connectivity index (χ3n) is 7.38. The van der Waals surface area contributed by atoms with Crippen LogP contribution < -0.4 is 20.9 Å². The molecule has 13 heteroatoms. The number of urea groups is 2. The lowest BCUT2D eigenvalue weighted by Gasteiger charge is -2.32. The predicted molar refractivity (Wildman–Crippen MR) is 155 cm³/mol. The molecule has 41 heavy (non-hydrogen) atoms. The number of hydrogen-bond acceptors (Lipinski definition) is 8. The normalized spacial score (nSPS) is 16.0. The Bertz CT molecular complexity index is 1510. The first-order valence-corrected chi connectivity index (χ1v) is 13.7. The smallest absolute Gasteiger partial charge is 0.321 e. The Balaban J connectivity index is 1.26. The van der Waals surface area contributed by atoms with Gasteiger partial charge in [-0.05, 0) is 49.2 Å². The van der Waals surface area contributed by atoms with Gasteiger partial charge in [-0.25, -0.2) is 24.2 Å². The van der Waals surface area contributed by atoms with Crippen LogP contribution in [0.5, 0.6) is 0 Å². The Morgan fingerprint density at radius 3 is 2.41 bits per heavy atom. The van der Waals surface area contributed by atoms with E-state index < -0.39 is 0 Å². The van der Waals surface area contributed by atoms with Crippen LogP contribution in [0.4, 0.5) is 26.8 Å². The van der Waals surface area contributed by atoms with Crippen molar-refractivity contribution in [2.45, 2.75) is 18.9 Å². The predicted octanol–water partition coefficient (Wildman–Crippen LogP) is 3.35. The molecule has 2 fully saturated rings. The van der Waals surface area contributed by atoms with Crippen LogP contribution in [0, 0.1) is 0 Å². The number of aromatic nitrogens is 5. The van der Waals surface area contributed by atoms with Crippen molar-refractivity contribution in [2.24, 2.45) is 0 Å². The number of morpholine rings is 1. The van der Waals surface area contributed by atoms with E-state index in [1.807, 2.05) is 46.1 Å². The third-order valence-corrected chi connectivity index (χ3v) is 7.38. The monoisotopic (exact) mass is 556 g/mol. The molecular weight excluding hydrogens is 524 g/mol. The number of likely N-dealkylation sites (tertiary alicyclic amines) is 1. The summed E-state index contributed by atoms with van der Waals surface area (Å²) >= 11 is 0. The van der Waals surface area contributed by atoms with Gasteiger partial charge in [0.05, 0.1) is 42.7 Å². The number of amides is 4.